The average Bonchev–Trinajstić information content (AvgIpc) is 2.41. The molecule has 1 aromatic carbocycles. The van der Waals surface area contributed by atoms with Crippen LogP contribution in [0.1, 0.15) is 15.9 Å². The van der Waals surface area contributed by atoms with Crippen LogP contribution in [0.5, 0.6) is 0 Å². The fourth-order valence-corrected chi connectivity index (χ4v) is 2.36. The molecule has 0 saturated carbocycles. The molecule has 0 atom stereocenters. The number of benzene rings is 1. The van der Waals surface area contributed by atoms with Crippen LogP contribution in [0.4, 0.5) is 11.4 Å². The summed E-state index contributed by atoms with van der Waals surface area (Å²) in [7, 11) is 3.50. The van der Waals surface area contributed by atoms with E-state index in [0.29, 0.717) is 11.3 Å². The van der Waals surface area contributed by atoms with E-state index in [9.17, 15) is 4.79 Å². The maximum absolute atomic E-state index is 11.6. The Morgan fingerprint density at radius 1 is 1.26 bits per heavy atom. The number of methoxy groups -OCH3 is 1. The maximum atomic E-state index is 11.6. The van der Waals surface area contributed by atoms with Crippen molar-refractivity contribution in [3.8, 4) is 0 Å². The SMILES string of the molecule is COC(=O)c1cc(N)c(N2CCN(C)CC2)cc1C. The Morgan fingerprint density at radius 3 is 2.47 bits per heavy atom. The van der Waals surface area contributed by atoms with Crippen LogP contribution >= 0.6 is 0 Å². The number of carbonyl (C=O) groups is 1. The van der Waals surface area contributed by atoms with E-state index in [4.69, 9.17) is 10.5 Å². The lowest BCUT2D eigenvalue weighted by Gasteiger charge is -2.35. The molecule has 2 rings (SSSR count). The predicted octanol–water partition coefficient (Wildman–Crippen LogP) is 1.12. The van der Waals surface area contributed by atoms with Gasteiger partial charge < -0.3 is 20.3 Å². The highest BCUT2D eigenvalue weighted by atomic mass is 16.5. The molecule has 5 heteroatoms. The Bertz CT molecular complexity index is 480. The van der Waals surface area contributed by atoms with Crippen molar-refractivity contribution in [3.63, 3.8) is 0 Å². The molecule has 2 N–H and O–H groups in total. The van der Waals surface area contributed by atoms with Crippen LogP contribution in [0.15, 0.2) is 12.1 Å². The lowest BCUT2D eigenvalue weighted by Crippen LogP contribution is -2.44. The minimum Gasteiger partial charge on any atom is -0.465 e. The molecule has 0 spiro atoms. The molecule has 1 aliphatic heterocycles. The van der Waals surface area contributed by atoms with E-state index >= 15 is 0 Å². The highest BCUT2D eigenvalue weighted by Gasteiger charge is 2.19. The number of anilines is 2. The van der Waals surface area contributed by atoms with Gasteiger partial charge in [0.15, 0.2) is 0 Å². The van der Waals surface area contributed by atoms with Crippen LogP contribution in [0.2, 0.25) is 0 Å². The van der Waals surface area contributed by atoms with Crippen LogP contribution in [-0.4, -0.2) is 51.2 Å². The monoisotopic (exact) mass is 263 g/mol. The van der Waals surface area contributed by atoms with Crippen molar-refractivity contribution in [2.24, 2.45) is 0 Å². The first-order chi connectivity index (χ1) is 9.02. The van der Waals surface area contributed by atoms with Gasteiger partial charge in [-0.05, 0) is 31.7 Å². The molecule has 0 radical (unpaired) electrons. The van der Waals surface area contributed by atoms with Gasteiger partial charge in [-0.15, -0.1) is 0 Å². The van der Waals surface area contributed by atoms with Crippen LogP contribution in [-0.2, 0) is 4.74 Å². The van der Waals surface area contributed by atoms with Gasteiger partial charge in [-0.25, -0.2) is 4.79 Å². The van der Waals surface area contributed by atoms with Crippen LogP contribution in [0.3, 0.4) is 0 Å². The fraction of sp³-hybridized carbons (Fsp3) is 0.500. The molecule has 1 fully saturated rings. The average molecular weight is 263 g/mol. The summed E-state index contributed by atoms with van der Waals surface area (Å²) in [6.45, 7) is 5.87. The number of aryl methyl sites for hydroxylation is 1. The van der Waals surface area contributed by atoms with E-state index in [0.717, 1.165) is 37.4 Å². The van der Waals surface area contributed by atoms with Crippen molar-refractivity contribution in [3.05, 3.63) is 23.3 Å². The third-order valence-electron chi connectivity index (χ3n) is 3.62. The number of nitrogens with zero attached hydrogens (tertiary/aromatic N) is 2. The number of likely N-dealkylation sites (N-methyl/N-ethyl adjacent to an activating group) is 1. The van der Waals surface area contributed by atoms with Gasteiger partial charge in [0.1, 0.15) is 0 Å². The summed E-state index contributed by atoms with van der Waals surface area (Å²) >= 11 is 0. The summed E-state index contributed by atoms with van der Waals surface area (Å²) in [6.07, 6.45) is 0. The minimum absolute atomic E-state index is 0.339. The minimum atomic E-state index is -0.339. The molecule has 1 aromatic rings. The van der Waals surface area contributed by atoms with E-state index in [-0.39, 0.29) is 5.97 Å². The van der Waals surface area contributed by atoms with Crippen molar-refractivity contribution < 1.29 is 9.53 Å². The fourth-order valence-electron chi connectivity index (χ4n) is 2.36. The third-order valence-corrected chi connectivity index (χ3v) is 3.62. The number of hydrogen-bond donors (Lipinski definition) is 1. The van der Waals surface area contributed by atoms with Gasteiger partial charge in [-0.2, -0.15) is 0 Å². The number of nitrogens with two attached hydrogens (primary N) is 1. The molecule has 104 valence electrons. The summed E-state index contributed by atoms with van der Waals surface area (Å²) < 4.78 is 4.76. The second-order valence-corrected chi connectivity index (χ2v) is 5.01. The standard InChI is InChI=1S/C14H21N3O2/c1-10-8-13(17-6-4-16(2)5-7-17)12(15)9-11(10)14(18)19-3/h8-9H,4-7,15H2,1-3H3. The van der Waals surface area contributed by atoms with Crippen LogP contribution < -0.4 is 10.6 Å². The number of piperazine rings is 1. The predicted molar refractivity (Wildman–Crippen MR) is 76.6 cm³/mol. The number of hydrogen-bond acceptors (Lipinski definition) is 5. The van der Waals surface area contributed by atoms with Crippen LogP contribution in [0.25, 0.3) is 0 Å². The molecule has 0 unspecified atom stereocenters. The Morgan fingerprint density at radius 2 is 1.89 bits per heavy atom. The molecule has 19 heavy (non-hydrogen) atoms. The number of esters is 1. The number of rotatable bonds is 2. The van der Waals surface area contributed by atoms with Crippen LogP contribution in [0, 0.1) is 6.92 Å². The molecular weight excluding hydrogens is 242 g/mol. The van der Waals surface area contributed by atoms with Gasteiger partial charge in [0.2, 0.25) is 0 Å². The van der Waals surface area contributed by atoms with Gasteiger partial charge in [0.25, 0.3) is 0 Å². The zero-order valence-corrected chi connectivity index (χ0v) is 11.8. The van der Waals surface area contributed by atoms with Gasteiger partial charge in [0.05, 0.1) is 24.0 Å². The number of ether oxygens (including phenoxy) is 1. The van der Waals surface area contributed by atoms with Gasteiger partial charge in [-0.1, -0.05) is 0 Å². The normalized spacial score (nSPS) is 16.5. The molecular formula is C14H21N3O2. The largest absolute Gasteiger partial charge is 0.465 e. The highest BCUT2D eigenvalue weighted by Crippen LogP contribution is 2.28. The number of carbonyl (C=O) groups excluding carboxylic acids is 1. The Balaban J connectivity index is 2.28. The molecule has 1 heterocycles. The first-order valence-corrected chi connectivity index (χ1v) is 6.45. The van der Waals surface area contributed by atoms with Gasteiger partial charge in [0, 0.05) is 26.2 Å². The van der Waals surface area contributed by atoms with Crippen molar-refractivity contribution in [1.29, 1.82) is 0 Å². The van der Waals surface area contributed by atoms with E-state index in [2.05, 4.69) is 16.8 Å². The molecule has 1 saturated heterocycles. The summed E-state index contributed by atoms with van der Waals surface area (Å²) in [5.41, 5.74) is 9.17. The second-order valence-electron chi connectivity index (χ2n) is 5.01. The summed E-state index contributed by atoms with van der Waals surface area (Å²) in [5.74, 6) is -0.339. The summed E-state index contributed by atoms with van der Waals surface area (Å²) in [4.78, 5) is 16.2. The zero-order chi connectivity index (χ0) is 14.0. The zero-order valence-electron chi connectivity index (χ0n) is 11.8. The Kier molecular flexibility index (Phi) is 3.95. The van der Waals surface area contributed by atoms with Gasteiger partial charge >= 0.3 is 5.97 Å². The van der Waals surface area contributed by atoms with Crippen molar-refractivity contribution in [1.82, 2.24) is 4.90 Å². The lowest BCUT2D eigenvalue weighted by atomic mass is 10.1. The van der Waals surface area contributed by atoms with Gasteiger partial charge in [-0.3, -0.25) is 0 Å². The molecule has 5 nitrogen and oxygen atoms in total. The van der Waals surface area contributed by atoms with Crippen molar-refractivity contribution in [2.45, 2.75) is 6.92 Å². The van der Waals surface area contributed by atoms with E-state index in [1.165, 1.54) is 7.11 Å². The molecule has 0 amide bonds. The molecule has 0 bridgehead atoms. The van der Waals surface area contributed by atoms with Crippen molar-refractivity contribution in [2.75, 3.05) is 51.0 Å². The quantitative estimate of drug-likeness (QED) is 0.640. The van der Waals surface area contributed by atoms with E-state index in [1.807, 2.05) is 13.0 Å². The summed E-state index contributed by atoms with van der Waals surface area (Å²) in [5, 5.41) is 0. The molecule has 1 aliphatic rings. The Labute approximate surface area is 113 Å². The first-order valence-electron chi connectivity index (χ1n) is 6.45. The third kappa shape index (κ3) is 2.81. The van der Waals surface area contributed by atoms with E-state index < -0.39 is 0 Å². The molecule has 0 aromatic heterocycles. The smallest absolute Gasteiger partial charge is 0.338 e. The maximum Gasteiger partial charge on any atom is 0.338 e. The highest BCUT2D eigenvalue weighted by molar-refractivity contribution is 5.93. The topological polar surface area (TPSA) is 58.8 Å². The second kappa shape index (κ2) is 5.48. The van der Waals surface area contributed by atoms with E-state index in [1.54, 1.807) is 6.07 Å². The summed E-state index contributed by atoms with van der Waals surface area (Å²) in [6, 6.07) is 3.70. The number of nitrogen functional groups attached to an aromatic ring is 1. The Hall–Kier alpha value is -1.75. The molecule has 0 aliphatic carbocycles. The lowest BCUT2D eigenvalue weighted by molar-refractivity contribution is 0.0600. The van der Waals surface area contributed by atoms with Crippen molar-refractivity contribution >= 4 is 17.3 Å². The first kappa shape index (κ1) is 13.7.